The first-order valence-corrected chi connectivity index (χ1v) is 11.7. The van der Waals surface area contributed by atoms with Crippen molar-refractivity contribution in [3.63, 3.8) is 0 Å². The summed E-state index contributed by atoms with van der Waals surface area (Å²) in [5.74, 6) is 1.08. The van der Waals surface area contributed by atoms with E-state index < -0.39 is 5.92 Å². The van der Waals surface area contributed by atoms with Gasteiger partial charge in [0.2, 0.25) is 5.91 Å². The summed E-state index contributed by atoms with van der Waals surface area (Å²) in [5, 5.41) is 5.43. The third kappa shape index (κ3) is 3.91. The highest BCUT2D eigenvalue weighted by atomic mass is 35.5. The molecule has 3 atom stereocenters. The summed E-state index contributed by atoms with van der Waals surface area (Å²) in [6, 6.07) is 15.0. The molecule has 0 spiro atoms. The summed E-state index contributed by atoms with van der Waals surface area (Å²) in [6.45, 7) is 2.63. The van der Waals surface area contributed by atoms with Gasteiger partial charge in [-0.2, -0.15) is 5.10 Å². The fraction of sp³-hybridized carbons (Fsp3) is 0.320. The molecule has 2 aliphatic rings. The fourth-order valence-electron chi connectivity index (χ4n) is 4.96. The number of hydrogen-bond donors (Lipinski definition) is 0. The standard InChI is InChI=1S/C25H24Cl2N4O2/c1-15-23(25(32)30-13-3-4-21(30)16-5-8-18(33-2)9-6-16)24(31-22(29-15)11-12-28-31)17-7-10-19(26)20(27)14-17/h5-12,14,21,23-24H,3-4,13H2,1-2H3. The molecule has 170 valence electrons. The van der Waals surface area contributed by atoms with Crippen molar-refractivity contribution in [2.45, 2.75) is 31.8 Å². The Hall–Kier alpha value is -2.83. The van der Waals surface area contributed by atoms with E-state index in [9.17, 15) is 4.79 Å². The van der Waals surface area contributed by atoms with Crippen LogP contribution >= 0.6 is 23.2 Å². The normalized spacial score (nSPS) is 22.1. The molecule has 0 N–H and O–H groups in total. The van der Waals surface area contributed by atoms with E-state index in [1.54, 1.807) is 19.4 Å². The Kier molecular flexibility index (Phi) is 5.89. The lowest BCUT2D eigenvalue weighted by Crippen LogP contribution is -2.44. The number of fused-ring (bicyclic) bond motifs is 1. The van der Waals surface area contributed by atoms with Crippen LogP contribution in [0.15, 0.2) is 59.7 Å². The fourth-order valence-corrected chi connectivity index (χ4v) is 5.26. The number of benzene rings is 2. The van der Waals surface area contributed by atoms with Gasteiger partial charge >= 0.3 is 0 Å². The predicted octanol–water partition coefficient (Wildman–Crippen LogP) is 5.87. The average Bonchev–Trinajstić information content (AvgIpc) is 3.49. The van der Waals surface area contributed by atoms with E-state index >= 15 is 0 Å². The lowest BCUT2D eigenvalue weighted by atomic mass is 9.86. The lowest BCUT2D eigenvalue weighted by Gasteiger charge is -2.36. The molecule has 8 heteroatoms. The van der Waals surface area contributed by atoms with Crippen LogP contribution in [-0.4, -0.2) is 40.0 Å². The van der Waals surface area contributed by atoms with E-state index in [2.05, 4.69) is 5.10 Å². The monoisotopic (exact) mass is 482 g/mol. The third-order valence-electron chi connectivity index (χ3n) is 6.56. The Balaban J connectivity index is 1.53. The summed E-state index contributed by atoms with van der Waals surface area (Å²) < 4.78 is 7.11. The highest BCUT2D eigenvalue weighted by molar-refractivity contribution is 6.42. The maximum Gasteiger partial charge on any atom is 0.234 e. The molecule has 2 aromatic carbocycles. The second-order valence-corrected chi connectivity index (χ2v) is 9.26. The Morgan fingerprint density at radius 1 is 1.06 bits per heavy atom. The average molecular weight is 483 g/mol. The van der Waals surface area contributed by atoms with E-state index in [1.165, 1.54) is 0 Å². The molecule has 1 amide bonds. The summed E-state index contributed by atoms with van der Waals surface area (Å²) in [4.78, 5) is 20.8. The van der Waals surface area contributed by atoms with E-state index in [0.29, 0.717) is 16.6 Å². The van der Waals surface area contributed by atoms with Crippen LogP contribution in [0.1, 0.15) is 43.0 Å². The molecule has 1 aromatic heterocycles. The minimum atomic E-state index is -0.492. The van der Waals surface area contributed by atoms with Gasteiger partial charge in [0.05, 0.1) is 35.4 Å². The van der Waals surface area contributed by atoms with Gasteiger partial charge in [-0.3, -0.25) is 4.79 Å². The van der Waals surface area contributed by atoms with Crippen molar-refractivity contribution in [1.29, 1.82) is 0 Å². The summed E-state index contributed by atoms with van der Waals surface area (Å²) >= 11 is 12.5. The van der Waals surface area contributed by atoms with Crippen molar-refractivity contribution >= 4 is 40.6 Å². The van der Waals surface area contributed by atoms with Crippen molar-refractivity contribution in [1.82, 2.24) is 14.7 Å². The number of halogens is 2. The van der Waals surface area contributed by atoms with Gasteiger partial charge in [0.15, 0.2) is 5.82 Å². The van der Waals surface area contributed by atoms with Crippen LogP contribution in [0.2, 0.25) is 10.0 Å². The first-order chi connectivity index (χ1) is 16.0. The SMILES string of the molecule is COc1ccc(C2CCCN2C(=O)C2C(C)=Nc3ccnn3C2c2ccc(Cl)c(Cl)c2)cc1. The Bertz CT molecular complexity index is 1220. The molecule has 3 aromatic rings. The molecule has 3 heterocycles. The minimum Gasteiger partial charge on any atom is -0.497 e. The molecule has 0 bridgehead atoms. The third-order valence-corrected chi connectivity index (χ3v) is 7.30. The number of carbonyl (C=O) groups excluding carboxylic acids is 1. The zero-order valence-corrected chi connectivity index (χ0v) is 19.9. The molecule has 3 unspecified atom stereocenters. The van der Waals surface area contributed by atoms with Crippen LogP contribution in [-0.2, 0) is 4.79 Å². The first-order valence-electron chi connectivity index (χ1n) is 11.0. The zero-order valence-electron chi connectivity index (χ0n) is 18.4. The Morgan fingerprint density at radius 3 is 2.55 bits per heavy atom. The molecule has 1 fully saturated rings. The van der Waals surface area contributed by atoms with Gasteiger partial charge in [0.25, 0.3) is 0 Å². The summed E-state index contributed by atoms with van der Waals surface area (Å²) in [6.07, 6.45) is 3.58. The molecule has 6 nitrogen and oxygen atoms in total. The van der Waals surface area contributed by atoms with Crippen molar-refractivity contribution < 1.29 is 9.53 Å². The molecule has 1 saturated heterocycles. The minimum absolute atomic E-state index is 0.0182. The first kappa shape index (κ1) is 22.0. The topological polar surface area (TPSA) is 59.7 Å². The van der Waals surface area contributed by atoms with Gasteiger partial charge < -0.3 is 9.64 Å². The number of hydrogen-bond acceptors (Lipinski definition) is 4. The molecule has 33 heavy (non-hydrogen) atoms. The summed E-state index contributed by atoms with van der Waals surface area (Å²) in [5.41, 5.74) is 2.75. The number of nitrogens with zero attached hydrogens (tertiary/aromatic N) is 4. The number of ether oxygens (including phenoxy) is 1. The van der Waals surface area contributed by atoms with Gasteiger partial charge in [-0.25, -0.2) is 9.67 Å². The highest BCUT2D eigenvalue weighted by Gasteiger charge is 2.43. The number of rotatable bonds is 4. The molecule has 0 saturated carbocycles. The largest absolute Gasteiger partial charge is 0.497 e. The van der Waals surface area contributed by atoms with Crippen molar-refractivity contribution in [2.24, 2.45) is 10.9 Å². The maximum absolute atomic E-state index is 14.1. The van der Waals surface area contributed by atoms with Gasteiger partial charge in [0, 0.05) is 18.3 Å². The predicted molar refractivity (Wildman–Crippen MR) is 130 cm³/mol. The molecular weight excluding hydrogens is 459 g/mol. The van der Waals surface area contributed by atoms with Crippen LogP contribution in [0.25, 0.3) is 0 Å². The van der Waals surface area contributed by atoms with E-state index in [4.69, 9.17) is 32.9 Å². The van der Waals surface area contributed by atoms with Crippen LogP contribution in [0.4, 0.5) is 5.82 Å². The van der Waals surface area contributed by atoms with E-state index in [1.807, 2.05) is 59.0 Å². The quantitative estimate of drug-likeness (QED) is 0.466. The second kappa shape index (κ2) is 8.84. The van der Waals surface area contributed by atoms with E-state index in [0.717, 1.165) is 41.2 Å². The second-order valence-electron chi connectivity index (χ2n) is 8.45. The molecule has 0 radical (unpaired) electrons. The molecule has 5 rings (SSSR count). The number of methoxy groups -OCH3 is 1. The zero-order chi connectivity index (χ0) is 23.1. The van der Waals surface area contributed by atoms with Crippen molar-refractivity contribution in [3.8, 4) is 5.75 Å². The molecular formula is C25H24Cl2N4O2. The highest BCUT2D eigenvalue weighted by Crippen LogP contribution is 2.41. The van der Waals surface area contributed by atoms with Gasteiger partial charge in [-0.15, -0.1) is 0 Å². The van der Waals surface area contributed by atoms with Gasteiger partial charge in [-0.1, -0.05) is 41.4 Å². The molecule has 2 aliphatic heterocycles. The smallest absolute Gasteiger partial charge is 0.234 e. The van der Waals surface area contributed by atoms with Crippen LogP contribution < -0.4 is 4.74 Å². The van der Waals surface area contributed by atoms with Crippen molar-refractivity contribution in [3.05, 3.63) is 75.9 Å². The van der Waals surface area contributed by atoms with Crippen LogP contribution in [0, 0.1) is 5.92 Å². The Labute approximate surface area is 202 Å². The summed E-state index contributed by atoms with van der Waals surface area (Å²) in [7, 11) is 1.65. The van der Waals surface area contributed by atoms with Gasteiger partial charge in [-0.05, 0) is 55.2 Å². The number of amides is 1. The number of aromatic nitrogens is 2. The number of carbonyl (C=O) groups is 1. The van der Waals surface area contributed by atoms with E-state index in [-0.39, 0.29) is 18.0 Å². The maximum atomic E-state index is 14.1. The number of likely N-dealkylation sites (tertiary alicyclic amines) is 1. The number of aliphatic imine (C=N–C) groups is 1. The van der Waals surface area contributed by atoms with Crippen LogP contribution in [0.3, 0.4) is 0 Å². The van der Waals surface area contributed by atoms with Crippen LogP contribution in [0.5, 0.6) is 5.75 Å². The van der Waals surface area contributed by atoms with Gasteiger partial charge in [0.1, 0.15) is 11.7 Å². The lowest BCUT2D eigenvalue weighted by molar-refractivity contribution is -0.135. The van der Waals surface area contributed by atoms with Crippen molar-refractivity contribution in [2.75, 3.05) is 13.7 Å². The Morgan fingerprint density at radius 2 is 1.82 bits per heavy atom. The molecule has 0 aliphatic carbocycles.